The number of hydrogen-bond acceptors (Lipinski definition) is 4. The van der Waals surface area contributed by atoms with Crippen molar-refractivity contribution >= 4 is 5.91 Å². The van der Waals surface area contributed by atoms with Crippen LogP contribution in [0.2, 0.25) is 0 Å². The van der Waals surface area contributed by atoms with Crippen LogP contribution in [0.25, 0.3) is 5.69 Å². The number of carbonyl (C=O) groups is 1. The highest BCUT2D eigenvalue weighted by Gasteiger charge is 2.36. The Kier molecular flexibility index (Phi) is 6.54. The fourth-order valence-corrected chi connectivity index (χ4v) is 4.30. The van der Waals surface area contributed by atoms with E-state index < -0.39 is 0 Å². The molecule has 1 aromatic heterocycles. The zero-order chi connectivity index (χ0) is 20.3. The summed E-state index contributed by atoms with van der Waals surface area (Å²) in [6.45, 7) is 6.76. The number of benzene rings is 1. The topological polar surface area (TPSA) is 68.9 Å². The molecule has 0 spiro atoms. The van der Waals surface area contributed by atoms with Crippen LogP contribution in [-0.4, -0.2) is 76.9 Å². The molecule has 1 aromatic carbocycles. The highest BCUT2D eigenvalue weighted by Crippen LogP contribution is 2.28. The molecule has 1 amide bonds. The van der Waals surface area contributed by atoms with Gasteiger partial charge in [0.2, 0.25) is 0 Å². The van der Waals surface area contributed by atoms with E-state index in [1.54, 1.807) is 0 Å². The van der Waals surface area contributed by atoms with Crippen LogP contribution in [0.3, 0.4) is 0 Å². The van der Waals surface area contributed by atoms with Crippen molar-refractivity contribution < 1.29 is 15.0 Å². The summed E-state index contributed by atoms with van der Waals surface area (Å²) in [5, 5.41) is 18.9. The monoisotopic (exact) mass is 385 g/mol. The summed E-state index contributed by atoms with van der Waals surface area (Å²) in [6.07, 6.45) is 0. The van der Waals surface area contributed by atoms with Crippen molar-refractivity contribution in [1.82, 2.24) is 14.4 Å². The van der Waals surface area contributed by atoms with E-state index in [1.807, 2.05) is 62.2 Å². The highest BCUT2D eigenvalue weighted by atomic mass is 16.3. The van der Waals surface area contributed by atoms with Gasteiger partial charge in [-0.25, -0.2) is 0 Å². The van der Waals surface area contributed by atoms with Crippen molar-refractivity contribution in [3.05, 3.63) is 53.3 Å². The van der Waals surface area contributed by atoms with E-state index >= 15 is 0 Å². The van der Waals surface area contributed by atoms with E-state index in [4.69, 9.17) is 5.11 Å². The van der Waals surface area contributed by atoms with Crippen molar-refractivity contribution in [2.45, 2.75) is 13.8 Å². The van der Waals surface area contributed by atoms with Gasteiger partial charge in [0.05, 0.1) is 12.2 Å². The summed E-state index contributed by atoms with van der Waals surface area (Å²) in [6, 6.07) is 12.0. The van der Waals surface area contributed by atoms with E-state index in [0.717, 1.165) is 29.2 Å². The average Bonchev–Trinajstić information content (AvgIpc) is 3.22. The van der Waals surface area contributed by atoms with Crippen molar-refractivity contribution in [2.24, 2.45) is 11.8 Å². The maximum absolute atomic E-state index is 13.3. The fourth-order valence-electron chi connectivity index (χ4n) is 4.30. The number of para-hydroxylation sites is 1. The van der Waals surface area contributed by atoms with Gasteiger partial charge >= 0.3 is 0 Å². The van der Waals surface area contributed by atoms with E-state index in [-0.39, 0.29) is 31.0 Å². The number of hydrogen-bond donors (Lipinski definition) is 2. The number of nitrogens with zero attached hydrogens (tertiary/aromatic N) is 3. The quantitative estimate of drug-likeness (QED) is 0.761. The van der Waals surface area contributed by atoms with Gasteiger partial charge in [-0.2, -0.15) is 0 Å². The van der Waals surface area contributed by atoms with E-state index in [9.17, 15) is 9.90 Å². The van der Waals surface area contributed by atoms with Crippen LogP contribution in [0, 0.1) is 25.7 Å². The molecule has 1 fully saturated rings. The smallest absolute Gasteiger partial charge is 0.255 e. The predicted octanol–water partition coefficient (Wildman–Crippen LogP) is 1.70. The number of carbonyl (C=O) groups excluding carboxylic acids is 1. The second-order valence-electron chi connectivity index (χ2n) is 7.85. The first-order chi connectivity index (χ1) is 13.5. The van der Waals surface area contributed by atoms with Gasteiger partial charge in [-0.15, -0.1) is 0 Å². The van der Waals surface area contributed by atoms with E-state index in [2.05, 4.69) is 9.47 Å². The van der Waals surface area contributed by atoms with Crippen molar-refractivity contribution in [3.63, 3.8) is 0 Å². The number of aliphatic hydroxyl groups is 2. The zero-order valence-corrected chi connectivity index (χ0v) is 17.0. The number of aromatic nitrogens is 1. The van der Waals surface area contributed by atoms with E-state index in [0.29, 0.717) is 19.6 Å². The number of rotatable bonds is 7. The van der Waals surface area contributed by atoms with Crippen LogP contribution in [-0.2, 0) is 0 Å². The lowest BCUT2D eigenvalue weighted by Gasteiger charge is -2.23. The number of amides is 1. The van der Waals surface area contributed by atoms with Gasteiger partial charge < -0.3 is 24.6 Å². The molecule has 1 saturated heterocycles. The van der Waals surface area contributed by atoms with Gasteiger partial charge in [-0.05, 0) is 45.0 Å². The Morgan fingerprint density at radius 3 is 2.46 bits per heavy atom. The van der Waals surface area contributed by atoms with Gasteiger partial charge in [0.15, 0.2) is 0 Å². The zero-order valence-electron chi connectivity index (χ0n) is 17.0. The molecule has 0 bridgehead atoms. The molecule has 1 aliphatic rings. The summed E-state index contributed by atoms with van der Waals surface area (Å²) in [7, 11) is 1.96. The Morgan fingerprint density at radius 2 is 1.82 bits per heavy atom. The maximum Gasteiger partial charge on any atom is 0.255 e. The van der Waals surface area contributed by atoms with E-state index in [1.165, 1.54) is 0 Å². The molecule has 2 atom stereocenters. The molecule has 0 saturated carbocycles. The van der Waals surface area contributed by atoms with Gasteiger partial charge in [-0.3, -0.25) is 4.79 Å². The van der Waals surface area contributed by atoms with Crippen LogP contribution in [0.1, 0.15) is 21.7 Å². The van der Waals surface area contributed by atoms with Gasteiger partial charge in [0.25, 0.3) is 5.91 Å². The van der Waals surface area contributed by atoms with Gasteiger partial charge in [0.1, 0.15) is 0 Å². The highest BCUT2D eigenvalue weighted by molar-refractivity contribution is 5.96. The van der Waals surface area contributed by atoms with Crippen molar-refractivity contribution in [2.75, 3.05) is 46.4 Å². The van der Waals surface area contributed by atoms with Crippen LogP contribution in [0.15, 0.2) is 36.4 Å². The minimum absolute atomic E-state index is 0.0287. The third kappa shape index (κ3) is 4.14. The first-order valence-electron chi connectivity index (χ1n) is 9.90. The summed E-state index contributed by atoms with van der Waals surface area (Å²) in [4.78, 5) is 17.2. The Bertz CT molecular complexity index is 803. The molecular weight excluding hydrogens is 354 g/mol. The minimum atomic E-state index is 0.0287. The Hall–Kier alpha value is -2.15. The molecule has 2 aromatic rings. The van der Waals surface area contributed by atoms with Gasteiger partial charge in [-0.1, -0.05) is 18.2 Å². The SMILES string of the molecule is Cc1cc(C(=O)N2C[C@@H](CN(C)CCO)[C@@H](CO)C2)c(C)n1-c1ccccc1. The molecule has 0 aliphatic carbocycles. The van der Waals surface area contributed by atoms with Crippen LogP contribution >= 0.6 is 0 Å². The minimum Gasteiger partial charge on any atom is -0.396 e. The summed E-state index contributed by atoms with van der Waals surface area (Å²) >= 11 is 0. The molecule has 0 radical (unpaired) electrons. The maximum atomic E-state index is 13.3. The molecule has 28 heavy (non-hydrogen) atoms. The average molecular weight is 386 g/mol. The van der Waals surface area contributed by atoms with Crippen LogP contribution in [0.4, 0.5) is 0 Å². The number of aliphatic hydroxyl groups excluding tert-OH is 2. The summed E-state index contributed by atoms with van der Waals surface area (Å²) < 4.78 is 2.11. The second kappa shape index (κ2) is 8.90. The van der Waals surface area contributed by atoms with Crippen molar-refractivity contribution in [1.29, 1.82) is 0 Å². The first-order valence-corrected chi connectivity index (χ1v) is 9.90. The summed E-state index contributed by atoms with van der Waals surface area (Å²) in [5.41, 5.74) is 3.75. The molecule has 6 nitrogen and oxygen atoms in total. The molecule has 152 valence electrons. The first kappa shape index (κ1) is 20.6. The Labute approximate surface area is 167 Å². The largest absolute Gasteiger partial charge is 0.396 e. The molecule has 0 unspecified atom stereocenters. The standard InChI is InChI=1S/C22H31N3O3/c1-16-11-21(17(2)25(16)20-7-5-4-6-8-20)22(28)24-13-18(19(14-24)15-27)12-23(3)9-10-26/h4-8,11,18-19,26-27H,9-10,12-15H2,1-3H3/t18-,19-/m1/s1. The molecular formula is C22H31N3O3. The third-order valence-corrected chi connectivity index (χ3v) is 5.80. The lowest BCUT2D eigenvalue weighted by atomic mass is 9.96. The third-order valence-electron chi connectivity index (χ3n) is 5.80. The second-order valence-corrected chi connectivity index (χ2v) is 7.85. The lowest BCUT2D eigenvalue weighted by Crippen LogP contribution is -2.33. The van der Waals surface area contributed by atoms with Gasteiger partial charge in [0, 0.05) is 55.8 Å². The molecule has 1 aliphatic heterocycles. The molecule has 2 N–H and O–H groups in total. The predicted molar refractivity (Wildman–Crippen MR) is 110 cm³/mol. The molecule has 6 heteroatoms. The Morgan fingerprint density at radius 1 is 1.14 bits per heavy atom. The number of likely N-dealkylation sites (N-methyl/N-ethyl adjacent to an activating group) is 1. The number of aryl methyl sites for hydroxylation is 1. The van der Waals surface area contributed by atoms with Crippen LogP contribution < -0.4 is 0 Å². The fraction of sp³-hybridized carbons (Fsp3) is 0.500. The molecule has 2 heterocycles. The normalized spacial score (nSPS) is 19.6. The number of likely N-dealkylation sites (tertiary alicyclic amines) is 1. The van der Waals surface area contributed by atoms with Crippen molar-refractivity contribution in [3.8, 4) is 5.69 Å². The Balaban J connectivity index is 1.79. The van der Waals surface area contributed by atoms with Crippen LogP contribution in [0.5, 0.6) is 0 Å². The molecule has 3 rings (SSSR count). The lowest BCUT2D eigenvalue weighted by molar-refractivity contribution is 0.0778. The summed E-state index contributed by atoms with van der Waals surface area (Å²) in [5.74, 6) is 0.312.